The SMILES string of the molecule is COc1ccc(N2CCN(Cn3c(=S)n(C)c4ccccc43)CC2)cc1. The number of hydrogen-bond acceptors (Lipinski definition) is 4. The predicted molar refractivity (Wildman–Crippen MR) is 109 cm³/mol. The van der Waals surface area contributed by atoms with Gasteiger partial charge in [-0.2, -0.15) is 0 Å². The van der Waals surface area contributed by atoms with E-state index in [1.807, 2.05) is 19.2 Å². The molecule has 0 spiro atoms. The van der Waals surface area contributed by atoms with Crippen molar-refractivity contribution < 1.29 is 4.74 Å². The fourth-order valence-corrected chi connectivity index (χ4v) is 3.89. The van der Waals surface area contributed by atoms with Crippen LogP contribution in [0.1, 0.15) is 0 Å². The van der Waals surface area contributed by atoms with E-state index in [0.717, 1.165) is 43.4 Å². The molecule has 0 bridgehead atoms. The number of hydrogen-bond donors (Lipinski definition) is 0. The molecule has 1 aliphatic heterocycles. The van der Waals surface area contributed by atoms with Crippen molar-refractivity contribution in [3.8, 4) is 5.75 Å². The predicted octanol–water partition coefficient (Wildman–Crippen LogP) is 3.50. The maximum Gasteiger partial charge on any atom is 0.181 e. The van der Waals surface area contributed by atoms with Gasteiger partial charge in [-0.25, -0.2) is 0 Å². The first-order valence-electron chi connectivity index (χ1n) is 8.93. The van der Waals surface area contributed by atoms with E-state index in [2.05, 4.69) is 55.3 Å². The number of para-hydroxylation sites is 2. The van der Waals surface area contributed by atoms with Gasteiger partial charge in [0.2, 0.25) is 0 Å². The maximum absolute atomic E-state index is 5.66. The molecule has 136 valence electrons. The van der Waals surface area contributed by atoms with E-state index in [1.165, 1.54) is 16.7 Å². The van der Waals surface area contributed by atoms with Crippen LogP contribution in [0.5, 0.6) is 5.75 Å². The van der Waals surface area contributed by atoms with Gasteiger partial charge in [0.1, 0.15) is 5.75 Å². The van der Waals surface area contributed by atoms with Crippen LogP contribution in [0.3, 0.4) is 0 Å². The van der Waals surface area contributed by atoms with E-state index in [4.69, 9.17) is 17.0 Å². The Hall–Kier alpha value is -2.31. The molecule has 6 heteroatoms. The van der Waals surface area contributed by atoms with Crippen molar-refractivity contribution in [3.05, 3.63) is 53.3 Å². The molecule has 1 aliphatic rings. The number of anilines is 1. The molecule has 5 nitrogen and oxygen atoms in total. The molecule has 26 heavy (non-hydrogen) atoms. The Morgan fingerprint density at radius 3 is 2.23 bits per heavy atom. The van der Waals surface area contributed by atoms with Crippen molar-refractivity contribution in [1.29, 1.82) is 0 Å². The number of benzene rings is 2. The third-order valence-corrected chi connectivity index (χ3v) is 5.70. The molecule has 4 rings (SSSR count). The number of ether oxygens (including phenoxy) is 1. The molecule has 1 fully saturated rings. The van der Waals surface area contributed by atoms with Crippen LogP contribution in [-0.2, 0) is 13.7 Å². The minimum absolute atomic E-state index is 0.844. The first-order valence-corrected chi connectivity index (χ1v) is 9.34. The zero-order valence-electron chi connectivity index (χ0n) is 15.3. The zero-order chi connectivity index (χ0) is 18.1. The van der Waals surface area contributed by atoms with E-state index in [9.17, 15) is 0 Å². The van der Waals surface area contributed by atoms with Crippen LogP contribution in [0.15, 0.2) is 48.5 Å². The average molecular weight is 369 g/mol. The van der Waals surface area contributed by atoms with Gasteiger partial charge in [-0.1, -0.05) is 12.1 Å². The molecule has 0 amide bonds. The maximum atomic E-state index is 5.66. The van der Waals surface area contributed by atoms with Crippen molar-refractivity contribution in [1.82, 2.24) is 14.0 Å². The van der Waals surface area contributed by atoms with Crippen LogP contribution in [0.2, 0.25) is 0 Å². The van der Waals surface area contributed by atoms with Crippen molar-refractivity contribution in [2.45, 2.75) is 6.67 Å². The van der Waals surface area contributed by atoms with Crippen LogP contribution >= 0.6 is 12.2 Å². The first kappa shape index (κ1) is 17.1. The largest absolute Gasteiger partial charge is 0.497 e. The lowest BCUT2D eigenvalue weighted by molar-refractivity contribution is 0.207. The number of aryl methyl sites for hydroxylation is 1. The Morgan fingerprint density at radius 1 is 0.923 bits per heavy atom. The Kier molecular flexibility index (Phi) is 4.70. The number of piperazine rings is 1. The molecule has 3 aromatic rings. The van der Waals surface area contributed by atoms with E-state index >= 15 is 0 Å². The molecule has 0 N–H and O–H groups in total. The zero-order valence-corrected chi connectivity index (χ0v) is 16.1. The van der Waals surface area contributed by atoms with Gasteiger partial charge in [-0.15, -0.1) is 0 Å². The van der Waals surface area contributed by atoms with Gasteiger partial charge in [-0.05, 0) is 48.6 Å². The molecule has 1 aromatic heterocycles. The van der Waals surface area contributed by atoms with E-state index in [1.54, 1.807) is 7.11 Å². The quantitative estimate of drug-likeness (QED) is 0.658. The van der Waals surface area contributed by atoms with Gasteiger partial charge in [0.25, 0.3) is 0 Å². The van der Waals surface area contributed by atoms with Crippen LogP contribution in [-0.4, -0.2) is 47.3 Å². The van der Waals surface area contributed by atoms with Gasteiger partial charge in [0.15, 0.2) is 4.77 Å². The number of aromatic nitrogens is 2. The second-order valence-electron chi connectivity index (χ2n) is 6.70. The fourth-order valence-electron chi connectivity index (χ4n) is 3.64. The molecule has 0 unspecified atom stereocenters. The molecule has 0 saturated carbocycles. The average Bonchev–Trinajstić information content (AvgIpc) is 2.94. The van der Waals surface area contributed by atoms with E-state index in [0.29, 0.717) is 0 Å². The van der Waals surface area contributed by atoms with Gasteiger partial charge in [0, 0.05) is 38.9 Å². The second-order valence-corrected chi connectivity index (χ2v) is 7.07. The Labute approximate surface area is 159 Å². The lowest BCUT2D eigenvalue weighted by atomic mass is 10.2. The minimum atomic E-state index is 0.844. The smallest absolute Gasteiger partial charge is 0.181 e. The number of nitrogens with zero attached hydrogens (tertiary/aromatic N) is 4. The van der Waals surface area contributed by atoms with E-state index in [-0.39, 0.29) is 0 Å². The summed E-state index contributed by atoms with van der Waals surface area (Å²) < 4.78 is 10.5. The molecule has 1 saturated heterocycles. The van der Waals surface area contributed by atoms with Crippen molar-refractivity contribution in [2.75, 3.05) is 38.2 Å². The summed E-state index contributed by atoms with van der Waals surface area (Å²) in [4.78, 5) is 4.90. The monoisotopic (exact) mass is 368 g/mol. The van der Waals surface area contributed by atoms with Crippen LogP contribution in [0.25, 0.3) is 11.0 Å². The summed E-state index contributed by atoms with van der Waals surface area (Å²) in [6, 6.07) is 16.7. The Morgan fingerprint density at radius 2 is 1.58 bits per heavy atom. The highest BCUT2D eigenvalue weighted by molar-refractivity contribution is 7.71. The van der Waals surface area contributed by atoms with Gasteiger partial charge >= 0.3 is 0 Å². The highest BCUT2D eigenvalue weighted by Crippen LogP contribution is 2.22. The van der Waals surface area contributed by atoms with Gasteiger partial charge in [-0.3, -0.25) is 4.90 Å². The normalized spacial score (nSPS) is 15.5. The molecule has 0 aliphatic carbocycles. The fraction of sp³-hybridized carbons (Fsp3) is 0.350. The summed E-state index contributed by atoms with van der Waals surface area (Å²) in [5.41, 5.74) is 3.65. The number of rotatable bonds is 4. The first-order chi connectivity index (χ1) is 12.7. The van der Waals surface area contributed by atoms with Crippen LogP contribution in [0.4, 0.5) is 5.69 Å². The Bertz CT molecular complexity index is 952. The minimum Gasteiger partial charge on any atom is -0.497 e. The summed E-state index contributed by atoms with van der Waals surface area (Å²) in [5.74, 6) is 0.901. The van der Waals surface area contributed by atoms with Crippen molar-refractivity contribution in [3.63, 3.8) is 0 Å². The lowest BCUT2D eigenvalue weighted by Gasteiger charge is -2.36. The molecule has 0 atom stereocenters. The highest BCUT2D eigenvalue weighted by atomic mass is 32.1. The van der Waals surface area contributed by atoms with Gasteiger partial charge in [0.05, 0.1) is 24.8 Å². The number of fused-ring (bicyclic) bond motifs is 1. The molecule has 2 heterocycles. The highest BCUT2D eigenvalue weighted by Gasteiger charge is 2.19. The van der Waals surface area contributed by atoms with Crippen molar-refractivity contribution >= 4 is 28.9 Å². The third kappa shape index (κ3) is 3.10. The summed E-state index contributed by atoms with van der Waals surface area (Å²) in [6.07, 6.45) is 0. The van der Waals surface area contributed by atoms with Crippen LogP contribution < -0.4 is 9.64 Å². The molecular formula is C20H24N4OS. The third-order valence-electron chi connectivity index (χ3n) is 5.20. The molecular weight excluding hydrogens is 344 g/mol. The van der Waals surface area contributed by atoms with Gasteiger partial charge < -0.3 is 18.8 Å². The summed E-state index contributed by atoms with van der Waals surface area (Å²) in [6.45, 7) is 4.93. The summed E-state index contributed by atoms with van der Waals surface area (Å²) in [7, 11) is 3.74. The van der Waals surface area contributed by atoms with Crippen molar-refractivity contribution in [2.24, 2.45) is 7.05 Å². The van der Waals surface area contributed by atoms with Crippen LogP contribution in [0, 0.1) is 4.77 Å². The Balaban J connectivity index is 1.46. The second kappa shape index (κ2) is 7.13. The number of imidazole rings is 1. The molecule has 2 aromatic carbocycles. The van der Waals surface area contributed by atoms with E-state index < -0.39 is 0 Å². The molecule has 0 radical (unpaired) electrons. The lowest BCUT2D eigenvalue weighted by Crippen LogP contribution is -2.46. The summed E-state index contributed by atoms with van der Waals surface area (Å²) in [5, 5.41) is 0. The summed E-state index contributed by atoms with van der Waals surface area (Å²) >= 11 is 5.66. The standard InChI is InChI=1S/C20H24N4OS/c1-21-18-5-3-4-6-19(18)24(20(21)26)15-22-11-13-23(14-12-22)16-7-9-17(25-2)10-8-16/h3-10H,11-15H2,1-2H3. The topological polar surface area (TPSA) is 25.6 Å². The number of methoxy groups -OCH3 is 1.